The van der Waals surface area contributed by atoms with Crippen LogP contribution in [0.3, 0.4) is 0 Å². The van der Waals surface area contributed by atoms with Gasteiger partial charge in [-0.25, -0.2) is 0 Å². The zero-order valence-electron chi connectivity index (χ0n) is 16.6. The van der Waals surface area contributed by atoms with Crippen molar-refractivity contribution in [3.63, 3.8) is 0 Å². The number of nitrogens with zero attached hydrogens (tertiary/aromatic N) is 5. The first-order chi connectivity index (χ1) is 13.2. The first-order valence-electron chi connectivity index (χ1n) is 10.6. The van der Waals surface area contributed by atoms with Gasteiger partial charge in [-0.15, -0.1) is 10.2 Å². The molecule has 4 rings (SSSR count). The summed E-state index contributed by atoms with van der Waals surface area (Å²) in [5.74, 6) is 3.25. The van der Waals surface area contributed by atoms with Crippen LogP contribution in [0, 0.1) is 17.8 Å². The van der Waals surface area contributed by atoms with E-state index in [0.29, 0.717) is 5.91 Å². The van der Waals surface area contributed by atoms with Crippen LogP contribution < -0.4 is 0 Å². The third-order valence-corrected chi connectivity index (χ3v) is 6.89. The van der Waals surface area contributed by atoms with E-state index in [1.165, 1.54) is 25.7 Å². The Balaban J connectivity index is 1.20. The molecule has 0 aliphatic carbocycles. The first-order valence-corrected chi connectivity index (χ1v) is 10.6. The molecule has 7 nitrogen and oxygen atoms in total. The van der Waals surface area contributed by atoms with Gasteiger partial charge in [0.25, 0.3) is 0 Å². The Bertz CT molecular complexity index is 612. The predicted molar refractivity (Wildman–Crippen MR) is 102 cm³/mol. The van der Waals surface area contributed by atoms with E-state index in [9.17, 15) is 4.79 Å². The van der Waals surface area contributed by atoms with Gasteiger partial charge < -0.3 is 14.2 Å². The van der Waals surface area contributed by atoms with E-state index < -0.39 is 0 Å². The molecule has 1 aromatic rings. The smallest absolute Gasteiger partial charge is 0.225 e. The molecule has 3 aliphatic rings. The molecule has 4 heterocycles. The second kappa shape index (κ2) is 8.69. The summed E-state index contributed by atoms with van der Waals surface area (Å²) in [4.78, 5) is 17.3. The molecule has 0 unspecified atom stereocenters. The summed E-state index contributed by atoms with van der Waals surface area (Å²) < 4.78 is 7.41. The molecule has 0 bridgehead atoms. The summed E-state index contributed by atoms with van der Waals surface area (Å²) in [5, 5.41) is 8.19. The third-order valence-electron chi connectivity index (χ3n) is 6.89. The Morgan fingerprint density at radius 1 is 1.04 bits per heavy atom. The monoisotopic (exact) mass is 375 g/mol. The highest BCUT2D eigenvalue weighted by Crippen LogP contribution is 2.33. The topological polar surface area (TPSA) is 63.5 Å². The molecule has 3 aliphatic heterocycles. The normalized spacial score (nSPS) is 24.4. The quantitative estimate of drug-likeness (QED) is 0.801. The molecule has 0 aromatic carbocycles. The number of carbonyl (C=O) groups is 1. The van der Waals surface area contributed by atoms with Crippen LogP contribution in [-0.4, -0.2) is 69.9 Å². The zero-order valence-corrected chi connectivity index (χ0v) is 16.6. The molecule has 3 saturated heterocycles. The SMILES string of the molecule is Cn1cnnc1CN1CCC(C2CCN(C(=O)C3CCOCC3)CC2)CC1. The average Bonchev–Trinajstić information content (AvgIpc) is 3.13. The predicted octanol–water partition coefficient (Wildman–Crippen LogP) is 1.69. The summed E-state index contributed by atoms with van der Waals surface area (Å²) in [7, 11) is 2.01. The van der Waals surface area contributed by atoms with Crippen LogP contribution in [-0.2, 0) is 23.1 Å². The van der Waals surface area contributed by atoms with Gasteiger partial charge in [0.2, 0.25) is 5.91 Å². The molecule has 150 valence electrons. The first kappa shape index (κ1) is 18.9. The molecular formula is C20H33N5O2. The number of likely N-dealkylation sites (tertiary alicyclic amines) is 2. The minimum Gasteiger partial charge on any atom is -0.381 e. The molecule has 0 saturated carbocycles. The highest BCUT2D eigenvalue weighted by atomic mass is 16.5. The number of carbonyl (C=O) groups excluding carboxylic acids is 1. The van der Waals surface area contributed by atoms with Gasteiger partial charge in [0.15, 0.2) is 0 Å². The maximum absolute atomic E-state index is 12.7. The lowest BCUT2D eigenvalue weighted by atomic mass is 9.78. The summed E-state index contributed by atoms with van der Waals surface area (Å²) in [6.07, 6.45) is 8.50. The van der Waals surface area contributed by atoms with E-state index in [2.05, 4.69) is 20.0 Å². The number of rotatable bonds is 4. The number of aromatic nitrogens is 3. The van der Waals surface area contributed by atoms with Crippen molar-refractivity contribution < 1.29 is 9.53 Å². The molecule has 27 heavy (non-hydrogen) atoms. The van der Waals surface area contributed by atoms with Gasteiger partial charge in [-0.1, -0.05) is 0 Å². The average molecular weight is 376 g/mol. The Kier molecular flexibility index (Phi) is 6.08. The minimum atomic E-state index is 0.208. The van der Waals surface area contributed by atoms with Gasteiger partial charge in [0.05, 0.1) is 6.54 Å². The van der Waals surface area contributed by atoms with Gasteiger partial charge in [-0.2, -0.15) is 0 Å². The molecule has 0 N–H and O–H groups in total. The van der Waals surface area contributed by atoms with E-state index in [4.69, 9.17) is 4.74 Å². The molecule has 1 amide bonds. The van der Waals surface area contributed by atoms with E-state index in [1.54, 1.807) is 6.33 Å². The lowest BCUT2D eigenvalue weighted by Gasteiger charge is -2.41. The Labute approximate surface area is 162 Å². The van der Waals surface area contributed by atoms with Crippen molar-refractivity contribution in [3.8, 4) is 0 Å². The van der Waals surface area contributed by atoms with Crippen LogP contribution in [0.5, 0.6) is 0 Å². The third kappa shape index (κ3) is 4.51. The van der Waals surface area contributed by atoms with Crippen molar-refractivity contribution in [1.82, 2.24) is 24.6 Å². The Morgan fingerprint density at radius 2 is 1.67 bits per heavy atom. The van der Waals surface area contributed by atoms with Gasteiger partial charge in [-0.3, -0.25) is 9.69 Å². The molecule has 0 radical (unpaired) electrons. The van der Waals surface area contributed by atoms with Crippen LogP contribution in [0.4, 0.5) is 0 Å². The van der Waals surface area contributed by atoms with Crippen LogP contribution >= 0.6 is 0 Å². The van der Waals surface area contributed by atoms with Gasteiger partial charge in [0, 0.05) is 39.3 Å². The lowest BCUT2D eigenvalue weighted by molar-refractivity contribution is -0.140. The number of aryl methyl sites for hydroxylation is 1. The second-order valence-electron chi connectivity index (χ2n) is 8.52. The van der Waals surface area contributed by atoms with Crippen molar-refractivity contribution in [2.24, 2.45) is 24.8 Å². The molecule has 0 atom stereocenters. The zero-order chi connectivity index (χ0) is 18.6. The number of piperidine rings is 2. The van der Waals surface area contributed by atoms with E-state index >= 15 is 0 Å². The summed E-state index contributed by atoms with van der Waals surface area (Å²) >= 11 is 0. The van der Waals surface area contributed by atoms with Crippen LogP contribution in [0.1, 0.15) is 44.3 Å². The number of ether oxygens (including phenoxy) is 1. The molecule has 3 fully saturated rings. The number of amides is 1. The molecule has 1 aromatic heterocycles. The summed E-state index contributed by atoms with van der Waals surface area (Å²) in [5.41, 5.74) is 0. The van der Waals surface area contributed by atoms with Crippen molar-refractivity contribution in [1.29, 1.82) is 0 Å². The van der Waals surface area contributed by atoms with Crippen LogP contribution in [0.2, 0.25) is 0 Å². The van der Waals surface area contributed by atoms with E-state index in [-0.39, 0.29) is 5.92 Å². The molecule has 7 heteroatoms. The Morgan fingerprint density at radius 3 is 2.26 bits per heavy atom. The number of hydrogen-bond donors (Lipinski definition) is 0. The van der Waals surface area contributed by atoms with Crippen molar-refractivity contribution >= 4 is 5.91 Å². The fraction of sp³-hybridized carbons (Fsp3) is 0.850. The largest absolute Gasteiger partial charge is 0.381 e. The van der Waals surface area contributed by atoms with Crippen molar-refractivity contribution in [2.75, 3.05) is 39.4 Å². The Hall–Kier alpha value is -1.47. The van der Waals surface area contributed by atoms with Gasteiger partial charge in [0.1, 0.15) is 12.2 Å². The maximum atomic E-state index is 12.7. The van der Waals surface area contributed by atoms with E-state index in [0.717, 1.165) is 76.4 Å². The summed E-state index contributed by atoms with van der Waals surface area (Å²) in [6, 6.07) is 0. The van der Waals surface area contributed by atoms with Crippen molar-refractivity contribution in [2.45, 2.75) is 45.1 Å². The van der Waals surface area contributed by atoms with Gasteiger partial charge in [-0.05, 0) is 63.5 Å². The van der Waals surface area contributed by atoms with E-state index in [1.807, 2.05) is 11.6 Å². The minimum absolute atomic E-state index is 0.208. The standard InChI is InChI=1S/C20H33N5O2/c1-23-15-21-22-19(23)14-24-8-2-16(3-9-24)17-4-10-25(11-5-17)20(26)18-6-12-27-13-7-18/h15-18H,2-14H2,1H3. The maximum Gasteiger partial charge on any atom is 0.225 e. The van der Waals surface area contributed by atoms with Gasteiger partial charge >= 0.3 is 0 Å². The fourth-order valence-corrected chi connectivity index (χ4v) is 5.03. The van der Waals surface area contributed by atoms with Crippen molar-refractivity contribution in [3.05, 3.63) is 12.2 Å². The fourth-order valence-electron chi connectivity index (χ4n) is 5.03. The van der Waals surface area contributed by atoms with Crippen LogP contribution in [0.25, 0.3) is 0 Å². The molecular weight excluding hydrogens is 342 g/mol. The van der Waals surface area contributed by atoms with Crippen LogP contribution in [0.15, 0.2) is 6.33 Å². The highest BCUT2D eigenvalue weighted by molar-refractivity contribution is 5.79. The second-order valence-corrected chi connectivity index (χ2v) is 8.52. The lowest BCUT2D eigenvalue weighted by Crippen LogP contribution is -2.45. The molecule has 0 spiro atoms. The highest BCUT2D eigenvalue weighted by Gasteiger charge is 2.33. The number of hydrogen-bond acceptors (Lipinski definition) is 5. The summed E-state index contributed by atoms with van der Waals surface area (Å²) in [6.45, 7) is 6.62.